The van der Waals surface area contributed by atoms with Crippen LogP contribution in [0.25, 0.3) is 22.5 Å². The molecule has 0 saturated carbocycles. The van der Waals surface area contributed by atoms with Gasteiger partial charge in [0.2, 0.25) is 5.91 Å². The average molecular weight is 290 g/mol. The van der Waals surface area contributed by atoms with E-state index in [2.05, 4.69) is 15.2 Å². The predicted octanol–water partition coefficient (Wildman–Crippen LogP) is 1.78. The topological polar surface area (TPSA) is 102 Å². The van der Waals surface area contributed by atoms with Crippen molar-refractivity contribution in [3.05, 3.63) is 59.4 Å². The van der Waals surface area contributed by atoms with Crippen LogP contribution in [0, 0.1) is 0 Å². The lowest BCUT2D eigenvalue weighted by Gasteiger charge is -2.04. The number of hydrogen-bond donors (Lipinski definition) is 2. The van der Waals surface area contributed by atoms with E-state index in [9.17, 15) is 9.59 Å². The predicted molar refractivity (Wildman–Crippen MR) is 79.2 cm³/mol. The molecule has 0 radical (unpaired) electrons. The molecule has 0 bridgehead atoms. The van der Waals surface area contributed by atoms with Gasteiger partial charge in [0.25, 0.3) is 0 Å². The number of nitrogens with one attached hydrogen (secondary N) is 1. The molecule has 2 aromatic heterocycles. The molecule has 22 heavy (non-hydrogen) atoms. The van der Waals surface area contributed by atoms with Gasteiger partial charge in [-0.1, -0.05) is 12.1 Å². The smallest absolute Gasteiger partial charge is 0.249 e. The van der Waals surface area contributed by atoms with Gasteiger partial charge in [-0.3, -0.25) is 19.7 Å². The molecule has 1 aliphatic rings. The van der Waals surface area contributed by atoms with Crippen LogP contribution < -0.4 is 5.73 Å². The van der Waals surface area contributed by atoms with Crippen molar-refractivity contribution in [3.8, 4) is 22.5 Å². The van der Waals surface area contributed by atoms with Crippen molar-refractivity contribution < 1.29 is 9.59 Å². The van der Waals surface area contributed by atoms with Crippen molar-refractivity contribution in [3.63, 3.8) is 0 Å². The lowest BCUT2D eigenvalue weighted by molar-refractivity contribution is 0.0983. The Hall–Kier alpha value is -3.28. The highest BCUT2D eigenvalue weighted by molar-refractivity contribution is 6.27. The number of nitrogens with zero attached hydrogens (tertiary/aromatic N) is 2. The average Bonchev–Trinajstić information content (AvgIpc) is 3.09. The van der Waals surface area contributed by atoms with Crippen molar-refractivity contribution >= 4 is 11.7 Å². The van der Waals surface area contributed by atoms with Crippen LogP contribution in [0.3, 0.4) is 0 Å². The van der Waals surface area contributed by atoms with E-state index in [0.29, 0.717) is 28.1 Å². The number of rotatable bonds is 2. The molecule has 0 unspecified atom stereocenters. The third-order valence-electron chi connectivity index (χ3n) is 3.77. The molecular weight excluding hydrogens is 280 g/mol. The van der Waals surface area contributed by atoms with Crippen molar-refractivity contribution in [1.82, 2.24) is 15.2 Å². The molecule has 6 nitrogen and oxygen atoms in total. The van der Waals surface area contributed by atoms with Gasteiger partial charge >= 0.3 is 0 Å². The van der Waals surface area contributed by atoms with Gasteiger partial charge in [-0.25, -0.2) is 0 Å². The maximum absolute atomic E-state index is 12.8. The minimum absolute atomic E-state index is 0.229. The molecule has 0 atom stereocenters. The molecule has 3 aromatic rings. The van der Waals surface area contributed by atoms with Crippen molar-refractivity contribution in [2.24, 2.45) is 5.73 Å². The zero-order chi connectivity index (χ0) is 15.3. The van der Waals surface area contributed by atoms with Crippen molar-refractivity contribution in [1.29, 1.82) is 0 Å². The summed E-state index contributed by atoms with van der Waals surface area (Å²) in [5.74, 6) is -0.853. The fourth-order valence-electron chi connectivity index (χ4n) is 2.81. The van der Waals surface area contributed by atoms with Gasteiger partial charge < -0.3 is 5.73 Å². The standard InChI is InChI=1S/C16H10N4O2/c17-16(22)10-3-1-2-9-11(10)15(21)12-13(19-20-14(9)12)8-4-6-18-7-5-8/h1-7H,(H2,17,22)(H,19,20). The second-order valence-electron chi connectivity index (χ2n) is 4.98. The van der Waals surface area contributed by atoms with E-state index in [1.807, 2.05) is 0 Å². The van der Waals surface area contributed by atoms with E-state index in [0.717, 1.165) is 5.56 Å². The first kappa shape index (κ1) is 12.5. The van der Waals surface area contributed by atoms with Crippen LogP contribution in [0.15, 0.2) is 42.7 Å². The number of primary amides is 1. The van der Waals surface area contributed by atoms with Crippen molar-refractivity contribution in [2.45, 2.75) is 0 Å². The zero-order valence-corrected chi connectivity index (χ0v) is 11.3. The summed E-state index contributed by atoms with van der Waals surface area (Å²) in [6.45, 7) is 0. The summed E-state index contributed by atoms with van der Waals surface area (Å²) < 4.78 is 0. The normalized spacial score (nSPS) is 12.1. The molecule has 0 spiro atoms. The molecule has 3 N–H and O–H groups in total. The number of nitrogens with two attached hydrogens (primary N) is 1. The summed E-state index contributed by atoms with van der Waals surface area (Å²) in [4.78, 5) is 28.3. The SMILES string of the molecule is NC(=O)c1cccc2c1C(=O)c1c(-c3ccncc3)n[nH]c1-2. The highest BCUT2D eigenvalue weighted by Gasteiger charge is 2.35. The number of hydrogen-bond acceptors (Lipinski definition) is 4. The van der Waals surface area contributed by atoms with Gasteiger partial charge in [0.1, 0.15) is 5.69 Å². The molecule has 0 fully saturated rings. The first-order valence-electron chi connectivity index (χ1n) is 6.65. The first-order valence-corrected chi connectivity index (χ1v) is 6.65. The Morgan fingerprint density at radius 3 is 2.59 bits per heavy atom. The lowest BCUT2D eigenvalue weighted by atomic mass is 10.0. The van der Waals surface area contributed by atoms with Gasteiger partial charge in [-0.15, -0.1) is 0 Å². The third-order valence-corrected chi connectivity index (χ3v) is 3.77. The maximum atomic E-state index is 12.8. The van der Waals surface area contributed by atoms with Gasteiger partial charge in [0.05, 0.1) is 16.8 Å². The number of carbonyl (C=O) groups is 2. The van der Waals surface area contributed by atoms with Crippen LogP contribution >= 0.6 is 0 Å². The minimum atomic E-state index is -0.617. The van der Waals surface area contributed by atoms with E-state index in [1.54, 1.807) is 42.7 Å². The van der Waals surface area contributed by atoms with E-state index in [4.69, 9.17) is 5.73 Å². The van der Waals surface area contributed by atoms with E-state index in [1.165, 1.54) is 0 Å². The summed E-state index contributed by atoms with van der Waals surface area (Å²) >= 11 is 0. The van der Waals surface area contributed by atoms with Gasteiger partial charge in [-0.2, -0.15) is 5.10 Å². The Morgan fingerprint density at radius 2 is 1.86 bits per heavy atom. The number of aromatic nitrogens is 3. The lowest BCUT2D eigenvalue weighted by Crippen LogP contribution is -2.15. The number of ketones is 1. The van der Waals surface area contributed by atoms with Crippen LogP contribution in [-0.4, -0.2) is 26.9 Å². The second-order valence-corrected chi connectivity index (χ2v) is 4.98. The molecule has 2 heterocycles. The number of pyridine rings is 1. The highest BCUT2D eigenvalue weighted by atomic mass is 16.1. The van der Waals surface area contributed by atoms with Gasteiger partial charge in [-0.05, 0) is 18.2 Å². The minimum Gasteiger partial charge on any atom is -0.366 e. The molecule has 1 aliphatic carbocycles. The summed E-state index contributed by atoms with van der Waals surface area (Å²) in [5, 5.41) is 7.14. The first-order chi connectivity index (χ1) is 10.7. The molecule has 0 aliphatic heterocycles. The summed E-state index contributed by atoms with van der Waals surface area (Å²) in [6, 6.07) is 8.60. The molecule has 6 heteroatoms. The second kappa shape index (κ2) is 4.36. The molecule has 4 rings (SSSR count). The highest BCUT2D eigenvalue weighted by Crippen LogP contribution is 2.41. The van der Waals surface area contributed by atoms with Crippen LogP contribution in [-0.2, 0) is 0 Å². The number of aromatic amines is 1. The Balaban J connectivity index is 1.98. The fourth-order valence-corrected chi connectivity index (χ4v) is 2.81. The molecule has 0 saturated heterocycles. The largest absolute Gasteiger partial charge is 0.366 e. The number of fused-ring (bicyclic) bond motifs is 3. The third kappa shape index (κ3) is 1.54. The van der Waals surface area contributed by atoms with E-state index < -0.39 is 5.91 Å². The van der Waals surface area contributed by atoms with Crippen LogP contribution in [0.4, 0.5) is 0 Å². The maximum Gasteiger partial charge on any atom is 0.249 e. The zero-order valence-electron chi connectivity index (χ0n) is 11.3. The van der Waals surface area contributed by atoms with Crippen LogP contribution in [0.2, 0.25) is 0 Å². The Bertz CT molecular complexity index is 929. The Labute approximate surface area is 125 Å². The monoisotopic (exact) mass is 290 g/mol. The van der Waals surface area contributed by atoms with E-state index >= 15 is 0 Å². The quantitative estimate of drug-likeness (QED) is 0.587. The number of H-pyrrole nitrogens is 1. The van der Waals surface area contributed by atoms with Crippen LogP contribution in [0.5, 0.6) is 0 Å². The molecule has 1 aromatic carbocycles. The van der Waals surface area contributed by atoms with Gasteiger partial charge in [0.15, 0.2) is 5.78 Å². The molecule has 106 valence electrons. The molecule has 1 amide bonds. The fraction of sp³-hybridized carbons (Fsp3) is 0. The molecular formula is C16H10N4O2. The van der Waals surface area contributed by atoms with Crippen molar-refractivity contribution in [2.75, 3.05) is 0 Å². The Kier molecular flexibility index (Phi) is 2.47. The number of benzene rings is 1. The van der Waals surface area contributed by atoms with Crippen LogP contribution in [0.1, 0.15) is 26.3 Å². The number of carbonyl (C=O) groups excluding carboxylic acids is 2. The summed E-state index contributed by atoms with van der Waals surface area (Å²) in [6.07, 6.45) is 3.27. The van der Waals surface area contributed by atoms with Gasteiger partial charge in [0, 0.05) is 29.1 Å². The Morgan fingerprint density at radius 1 is 1.09 bits per heavy atom. The van der Waals surface area contributed by atoms with E-state index in [-0.39, 0.29) is 11.3 Å². The number of amides is 1. The summed E-state index contributed by atoms with van der Waals surface area (Å²) in [7, 11) is 0. The summed E-state index contributed by atoms with van der Waals surface area (Å²) in [5.41, 5.74) is 9.03.